The molecule has 0 atom stereocenters. The molecule has 2 aromatic carbocycles. The Bertz CT molecular complexity index is 850. The lowest BCUT2D eigenvalue weighted by Crippen LogP contribution is -2.44. The van der Waals surface area contributed by atoms with Crippen molar-refractivity contribution >= 4 is 17.3 Å². The number of nitrogens with one attached hydrogen (secondary N) is 1. The summed E-state index contributed by atoms with van der Waals surface area (Å²) in [5.74, 6) is 0.118. The Morgan fingerprint density at radius 1 is 1.07 bits per heavy atom. The third kappa shape index (κ3) is 4.59. The molecule has 1 aliphatic heterocycles. The second-order valence-electron chi connectivity index (χ2n) is 6.17. The summed E-state index contributed by atoms with van der Waals surface area (Å²) < 4.78 is 5.23. The van der Waals surface area contributed by atoms with Gasteiger partial charge in [0, 0.05) is 38.1 Å². The van der Waals surface area contributed by atoms with Crippen molar-refractivity contribution in [3.63, 3.8) is 0 Å². The first-order valence-corrected chi connectivity index (χ1v) is 8.81. The molecule has 0 saturated carbocycles. The van der Waals surface area contributed by atoms with Gasteiger partial charge in [0.15, 0.2) is 0 Å². The van der Waals surface area contributed by atoms with Crippen LogP contribution in [0.1, 0.15) is 0 Å². The number of anilines is 2. The second-order valence-corrected chi connectivity index (χ2v) is 6.17. The number of amides is 1. The number of ether oxygens (including phenoxy) is 1. The predicted molar refractivity (Wildman–Crippen MR) is 106 cm³/mol. The van der Waals surface area contributed by atoms with E-state index in [2.05, 4.69) is 22.3 Å². The summed E-state index contributed by atoms with van der Waals surface area (Å²) in [7, 11) is 1.54. The Morgan fingerprint density at radius 3 is 2.41 bits per heavy atom. The molecule has 6 nitrogen and oxygen atoms in total. The highest BCUT2D eigenvalue weighted by atomic mass is 16.5. The first-order chi connectivity index (χ1) is 13.2. The summed E-state index contributed by atoms with van der Waals surface area (Å²) in [6.45, 7) is 3.19. The monoisotopic (exact) mass is 362 g/mol. The van der Waals surface area contributed by atoms with Gasteiger partial charge in [0.2, 0.25) is 0 Å². The summed E-state index contributed by atoms with van der Waals surface area (Å²) in [5, 5.41) is 12.2. The van der Waals surface area contributed by atoms with Crippen LogP contribution in [0.3, 0.4) is 0 Å². The fourth-order valence-corrected chi connectivity index (χ4v) is 3.01. The van der Waals surface area contributed by atoms with Gasteiger partial charge in [0.05, 0.1) is 12.8 Å². The van der Waals surface area contributed by atoms with Crippen molar-refractivity contribution < 1.29 is 9.53 Å². The molecule has 0 spiro atoms. The van der Waals surface area contributed by atoms with E-state index in [1.807, 2.05) is 35.2 Å². The lowest BCUT2D eigenvalue weighted by Gasteiger charge is -2.35. The van der Waals surface area contributed by atoms with Crippen molar-refractivity contribution in [3.05, 3.63) is 66.4 Å². The minimum Gasteiger partial charge on any atom is -0.495 e. The van der Waals surface area contributed by atoms with Crippen LogP contribution in [-0.2, 0) is 4.79 Å². The molecular formula is C21H22N4O2. The lowest BCUT2D eigenvalue weighted by atomic mass is 10.2. The molecule has 1 heterocycles. The minimum atomic E-state index is -0.438. The molecule has 0 aliphatic carbocycles. The molecule has 3 rings (SSSR count). The van der Waals surface area contributed by atoms with Crippen LogP contribution in [0.2, 0.25) is 0 Å². The molecule has 0 radical (unpaired) electrons. The fourth-order valence-electron chi connectivity index (χ4n) is 3.01. The van der Waals surface area contributed by atoms with Crippen molar-refractivity contribution in [2.24, 2.45) is 0 Å². The van der Waals surface area contributed by atoms with Crippen LogP contribution in [-0.4, -0.2) is 44.1 Å². The van der Waals surface area contributed by atoms with Crippen LogP contribution in [0, 0.1) is 11.3 Å². The summed E-state index contributed by atoms with van der Waals surface area (Å²) in [4.78, 5) is 16.8. The van der Waals surface area contributed by atoms with E-state index in [1.165, 1.54) is 12.8 Å². The number of carbonyl (C=O) groups excluding carboxylic acids is 1. The highest BCUT2D eigenvalue weighted by Gasteiger charge is 2.18. The number of piperazine rings is 1. The molecule has 1 fully saturated rings. The molecule has 27 heavy (non-hydrogen) atoms. The average Bonchev–Trinajstić information content (AvgIpc) is 2.73. The molecule has 2 aromatic rings. The first kappa shape index (κ1) is 18.3. The van der Waals surface area contributed by atoms with E-state index in [4.69, 9.17) is 4.74 Å². The van der Waals surface area contributed by atoms with E-state index in [1.54, 1.807) is 24.4 Å². The molecule has 1 aliphatic rings. The molecular weight excluding hydrogens is 340 g/mol. The minimum absolute atomic E-state index is 0.0778. The molecule has 138 valence electrons. The highest BCUT2D eigenvalue weighted by molar-refractivity contribution is 6.07. The number of benzene rings is 2. The molecule has 1 amide bonds. The summed E-state index contributed by atoms with van der Waals surface area (Å²) in [6, 6.07) is 19.4. The zero-order chi connectivity index (χ0) is 19.1. The number of hydrogen-bond acceptors (Lipinski definition) is 5. The van der Waals surface area contributed by atoms with E-state index in [9.17, 15) is 10.1 Å². The molecule has 6 heteroatoms. The summed E-state index contributed by atoms with van der Waals surface area (Å²) >= 11 is 0. The molecule has 1 saturated heterocycles. The van der Waals surface area contributed by atoms with Crippen LogP contribution in [0.5, 0.6) is 5.75 Å². The van der Waals surface area contributed by atoms with Gasteiger partial charge in [-0.25, -0.2) is 0 Å². The van der Waals surface area contributed by atoms with Gasteiger partial charge >= 0.3 is 0 Å². The van der Waals surface area contributed by atoms with Gasteiger partial charge in [0.1, 0.15) is 17.4 Å². The molecule has 0 unspecified atom stereocenters. The van der Waals surface area contributed by atoms with Gasteiger partial charge < -0.3 is 19.9 Å². The van der Waals surface area contributed by atoms with E-state index in [-0.39, 0.29) is 5.57 Å². The Balaban J connectivity index is 1.63. The number of nitriles is 1. The number of carbonyl (C=O) groups is 1. The van der Waals surface area contributed by atoms with E-state index < -0.39 is 5.91 Å². The maximum atomic E-state index is 12.5. The van der Waals surface area contributed by atoms with E-state index in [0.29, 0.717) is 11.4 Å². The van der Waals surface area contributed by atoms with Crippen molar-refractivity contribution in [3.8, 4) is 11.8 Å². The standard InChI is InChI=1S/C21H22N4O2/c1-27-20-10-6-5-9-19(20)23-21(26)17(15-22)16-24-11-13-25(14-12-24)18-7-3-2-4-8-18/h2-10,16H,11-14H2,1H3,(H,23,26)/b17-16-. The van der Waals surface area contributed by atoms with Gasteiger partial charge in [-0.3, -0.25) is 4.79 Å². The highest BCUT2D eigenvalue weighted by Crippen LogP contribution is 2.23. The fraction of sp³-hybridized carbons (Fsp3) is 0.238. The SMILES string of the molecule is COc1ccccc1NC(=O)/C(C#N)=C\N1CCN(c2ccccc2)CC1. The van der Waals surface area contributed by atoms with Crippen molar-refractivity contribution in [1.82, 2.24) is 4.90 Å². The average molecular weight is 362 g/mol. The van der Waals surface area contributed by atoms with Crippen molar-refractivity contribution in [2.45, 2.75) is 0 Å². The smallest absolute Gasteiger partial charge is 0.267 e. The third-order valence-electron chi connectivity index (χ3n) is 4.47. The maximum absolute atomic E-state index is 12.5. The normalized spacial score (nSPS) is 14.4. The first-order valence-electron chi connectivity index (χ1n) is 8.81. The van der Waals surface area contributed by atoms with Gasteiger partial charge in [-0.15, -0.1) is 0 Å². The van der Waals surface area contributed by atoms with Crippen LogP contribution in [0.25, 0.3) is 0 Å². The number of methoxy groups -OCH3 is 1. The Morgan fingerprint density at radius 2 is 1.74 bits per heavy atom. The van der Waals surface area contributed by atoms with Crippen LogP contribution >= 0.6 is 0 Å². The molecule has 0 bridgehead atoms. The molecule has 1 N–H and O–H groups in total. The zero-order valence-corrected chi connectivity index (χ0v) is 15.3. The maximum Gasteiger partial charge on any atom is 0.267 e. The number of hydrogen-bond donors (Lipinski definition) is 1. The summed E-state index contributed by atoms with van der Waals surface area (Å²) in [6.07, 6.45) is 1.65. The van der Waals surface area contributed by atoms with Crippen LogP contribution in [0.4, 0.5) is 11.4 Å². The topological polar surface area (TPSA) is 68.6 Å². The Hall–Kier alpha value is -3.46. The van der Waals surface area contributed by atoms with Gasteiger partial charge in [-0.2, -0.15) is 5.26 Å². The third-order valence-corrected chi connectivity index (χ3v) is 4.47. The largest absolute Gasteiger partial charge is 0.495 e. The van der Waals surface area contributed by atoms with Crippen LogP contribution < -0.4 is 15.0 Å². The van der Waals surface area contributed by atoms with Gasteiger partial charge in [-0.1, -0.05) is 30.3 Å². The quantitative estimate of drug-likeness (QED) is 0.654. The lowest BCUT2D eigenvalue weighted by molar-refractivity contribution is -0.112. The van der Waals surface area contributed by atoms with Crippen molar-refractivity contribution in [2.75, 3.05) is 43.5 Å². The van der Waals surface area contributed by atoms with E-state index in [0.717, 1.165) is 26.2 Å². The van der Waals surface area contributed by atoms with Gasteiger partial charge in [-0.05, 0) is 24.3 Å². The predicted octanol–water partition coefficient (Wildman–Crippen LogP) is 2.86. The van der Waals surface area contributed by atoms with Crippen molar-refractivity contribution in [1.29, 1.82) is 5.26 Å². The Labute approximate surface area is 159 Å². The number of nitrogens with zero attached hydrogens (tertiary/aromatic N) is 3. The zero-order valence-electron chi connectivity index (χ0n) is 15.3. The number of para-hydroxylation sites is 3. The second kappa shape index (κ2) is 8.77. The number of rotatable bonds is 5. The van der Waals surface area contributed by atoms with E-state index >= 15 is 0 Å². The van der Waals surface area contributed by atoms with Crippen LogP contribution in [0.15, 0.2) is 66.4 Å². The van der Waals surface area contributed by atoms with Gasteiger partial charge in [0.25, 0.3) is 5.91 Å². The Kier molecular flexibility index (Phi) is 5.95. The molecule has 0 aromatic heterocycles. The summed E-state index contributed by atoms with van der Waals surface area (Å²) in [5.41, 5.74) is 1.81.